The summed E-state index contributed by atoms with van der Waals surface area (Å²) in [6.45, 7) is 12.9. The second-order valence-corrected chi connectivity index (χ2v) is 11.6. The van der Waals surface area contributed by atoms with Gasteiger partial charge in [0.1, 0.15) is 18.0 Å². The lowest BCUT2D eigenvalue weighted by Gasteiger charge is -2.61. The van der Waals surface area contributed by atoms with Crippen LogP contribution in [0.4, 0.5) is 9.59 Å². The molecule has 190 valence electrons. The highest BCUT2D eigenvalue weighted by Crippen LogP contribution is 2.67. The highest BCUT2D eigenvalue weighted by molar-refractivity contribution is 5.88. The zero-order chi connectivity index (χ0) is 25.1. The van der Waals surface area contributed by atoms with E-state index in [2.05, 4.69) is 25.7 Å². The third-order valence-corrected chi connectivity index (χ3v) is 9.91. The van der Waals surface area contributed by atoms with Crippen molar-refractivity contribution in [2.75, 3.05) is 13.1 Å². The molecule has 4 fully saturated rings. The number of hydrogen-bond acceptors (Lipinski definition) is 8. The topological polar surface area (TPSA) is 131 Å². The predicted octanol–water partition coefficient (Wildman–Crippen LogP) is 2.77. The molecule has 0 spiro atoms. The molecule has 4 N–H and O–H groups in total. The number of Topliss-reactive ketones (excluding diaryl/α,β-unsaturated/α-hetero) is 1. The second-order valence-electron chi connectivity index (χ2n) is 11.6. The number of nitrogens with one attached hydrogen (secondary N) is 1. The Morgan fingerprint density at radius 3 is 2.47 bits per heavy atom. The van der Waals surface area contributed by atoms with Crippen LogP contribution in [0.2, 0.25) is 0 Å². The molecule has 0 aromatic carbocycles. The maximum atomic E-state index is 13.4. The maximum Gasteiger partial charge on any atom is 0.416 e. The van der Waals surface area contributed by atoms with Crippen LogP contribution in [0.1, 0.15) is 59.8 Å². The van der Waals surface area contributed by atoms with Crippen LogP contribution in [-0.4, -0.2) is 59.5 Å². The van der Waals surface area contributed by atoms with E-state index in [-0.39, 0.29) is 35.1 Å². The van der Waals surface area contributed by atoms with Crippen molar-refractivity contribution >= 4 is 18.0 Å². The van der Waals surface area contributed by atoms with Gasteiger partial charge in [-0.2, -0.15) is 0 Å². The standard InChI is InChI=1S/C25H39N3O6/c1-6-23(4)11-18(34-22(32)27-21(31)33-16-12-28(26)13-16)24(5)14(2)7-9-25(15(3)20(23)30)10-8-17(29)19(24)25/h6,14-16,18-20,30H,1,7-13,26H2,2-5H3,(H,27,31,32)/t14-,15+,18-,19+,20+,23-,24+,25+/m1/s1. The number of amides is 2. The Morgan fingerprint density at radius 2 is 1.85 bits per heavy atom. The van der Waals surface area contributed by atoms with Crippen LogP contribution < -0.4 is 11.2 Å². The summed E-state index contributed by atoms with van der Waals surface area (Å²) in [6.07, 6.45) is 1.37. The van der Waals surface area contributed by atoms with E-state index in [9.17, 15) is 19.5 Å². The number of carbonyl (C=O) groups is 3. The molecule has 1 aliphatic heterocycles. The first kappa shape index (κ1) is 25.1. The van der Waals surface area contributed by atoms with Crippen LogP contribution >= 0.6 is 0 Å². The van der Waals surface area contributed by atoms with Crippen molar-refractivity contribution in [2.24, 2.45) is 39.8 Å². The van der Waals surface area contributed by atoms with Crippen molar-refractivity contribution in [3.05, 3.63) is 12.7 Å². The highest BCUT2D eigenvalue weighted by atomic mass is 16.6. The molecule has 8 atom stereocenters. The number of hydrazine groups is 1. The van der Waals surface area contributed by atoms with Gasteiger partial charge in [0.05, 0.1) is 19.2 Å². The largest absolute Gasteiger partial charge is 0.445 e. The summed E-state index contributed by atoms with van der Waals surface area (Å²) in [5.41, 5.74) is -1.72. The SMILES string of the molecule is C=C[C@]1(C)C[C@@H](OC(=O)NC(=O)OC2CN(N)C2)[C@]2(C)[C@H](C)CC[C@]3(CCC(=O)[C@H]32)[C@@H](C)[C@@H]1O. The number of alkyl carbamates (subject to hydrolysis) is 2. The smallest absolute Gasteiger partial charge is 0.416 e. The van der Waals surface area contributed by atoms with Gasteiger partial charge in [-0.05, 0) is 42.9 Å². The van der Waals surface area contributed by atoms with Gasteiger partial charge in [-0.15, -0.1) is 6.58 Å². The maximum absolute atomic E-state index is 13.4. The van der Waals surface area contributed by atoms with Gasteiger partial charge >= 0.3 is 12.2 Å². The molecule has 0 aromatic heterocycles. The Labute approximate surface area is 201 Å². The van der Waals surface area contributed by atoms with Crippen LogP contribution in [0, 0.1) is 34.0 Å². The van der Waals surface area contributed by atoms with E-state index in [0.717, 1.165) is 19.3 Å². The Bertz CT molecular complexity index is 875. The summed E-state index contributed by atoms with van der Waals surface area (Å²) in [4.78, 5) is 38.4. The molecule has 2 amide bonds. The first-order valence-electron chi connectivity index (χ1n) is 12.4. The van der Waals surface area contributed by atoms with Gasteiger partial charge in [0.2, 0.25) is 0 Å². The number of aliphatic hydroxyl groups is 1. The number of aliphatic hydroxyl groups excluding tert-OH is 1. The lowest BCUT2D eigenvalue weighted by Crippen LogP contribution is -2.63. The van der Waals surface area contributed by atoms with Gasteiger partial charge in [0.15, 0.2) is 0 Å². The summed E-state index contributed by atoms with van der Waals surface area (Å²) >= 11 is 0. The molecule has 0 aromatic rings. The quantitative estimate of drug-likeness (QED) is 0.418. The molecule has 3 aliphatic carbocycles. The van der Waals surface area contributed by atoms with E-state index < -0.39 is 35.2 Å². The molecule has 4 aliphatic rings. The molecule has 1 heterocycles. The van der Waals surface area contributed by atoms with Gasteiger partial charge in [0, 0.05) is 23.2 Å². The van der Waals surface area contributed by atoms with E-state index in [4.69, 9.17) is 15.3 Å². The molecule has 2 bridgehead atoms. The fourth-order valence-electron chi connectivity index (χ4n) is 7.47. The van der Waals surface area contributed by atoms with Crippen molar-refractivity contribution in [2.45, 2.75) is 78.1 Å². The summed E-state index contributed by atoms with van der Waals surface area (Å²) in [6, 6.07) is 0. The Hall–Kier alpha value is -1.97. The molecular weight excluding hydrogens is 438 g/mol. The number of carbonyl (C=O) groups excluding carboxylic acids is 3. The number of hydrogen-bond donors (Lipinski definition) is 3. The molecule has 0 unspecified atom stereocenters. The van der Waals surface area contributed by atoms with Gasteiger partial charge < -0.3 is 14.6 Å². The molecule has 0 radical (unpaired) electrons. The number of rotatable bonds is 3. The third kappa shape index (κ3) is 3.76. The second kappa shape index (κ2) is 8.60. The number of ether oxygens (including phenoxy) is 2. The summed E-state index contributed by atoms with van der Waals surface area (Å²) in [5.74, 6) is 5.42. The lowest BCUT2D eigenvalue weighted by molar-refractivity contribution is -0.191. The fourth-order valence-corrected chi connectivity index (χ4v) is 7.47. The van der Waals surface area contributed by atoms with Crippen molar-refractivity contribution in [1.29, 1.82) is 0 Å². The first-order valence-corrected chi connectivity index (χ1v) is 12.4. The average molecular weight is 478 g/mol. The summed E-state index contributed by atoms with van der Waals surface area (Å²) < 4.78 is 11.1. The van der Waals surface area contributed by atoms with Gasteiger partial charge in [-0.3, -0.25) is 10.6 Å². The van der Waals surface area contributed by atoms with Gasteiger partial charge in [0.25, 0.3) is 0 Å². The molecule has 1 saturated heterocycles. The van der Waals surface area contributed by atoms with Crippen molar-refractivity contribution in [3.63, 3.8) is 0 Å². The number of nitrogens with zero attached hydrogens (tertiary/aromatic N) is 1. The van der Waals surface area contributed by atoms with Crippen LogP contribution in [0.15, 0.2) is 12.7 Å². The molecule has 34 heavy (non-hydrogen) atoms. The summed E-state index contributed by atoms with van der Waals surface area (Å²) in [7, 11) is 0. The van der Waals surface area contributed by atoms with Crippen LogP contribution in [0.25, 0.3) is 0 Å². The van der Waals surface area contributed by atoms with Crippen molar-refractivity contribution in [1.82, 2.24) is 10.3 Å². The molecule has 9 nitrogen and oxygen atoms in total. The Balaban J connectivity index is 1.64. The first-order chi connectivity index (χ1) is 15.9. The summed E-state index contributed by atoms with van der Waals surface area (Å²) in [5, 5.41) is 15.2. The van der Waals surface area contributed by atoms with E-state index in [1.165, 1.54) is 5.01 Å². The molecule has 4 rings (SSSR count). The highest BCUT2D eigenvalue weighted by Gasteiger charge is 2.68. The lowest BCUT2D eigenvalue weighted by atomic mass is 9.44. The molecule has 9 heteroatoms. The predicted molar refractivity (Wildman–Crippen MR) is 124 cm³/mol. The zero-order valence-electron chi connectivity index (χ0n) is 20.7. The fraction of sp³-hybridized carbons (Fsp3) is 0.800. The number of ketones is 1. The number of nitrogens with two attached hydrogens (primary N) is 1. The normalized spacial score (nSPS) is 44.8. The Morgan fingerprint density at radius 1 is 1.21 bits per heavy atom. The average Bonchev–Trinajstić information content (AvgIpc) is 3.11. The number of imide groups is 1. The van der Waals surface area contributed by atoms with E-state index in [1.54, 1.807) is 6.08 Å². The van der Waals surface area contributed by atoms with Crippen molar-refractivity contribution in [3.8, 4) is 0 Å². The van der Waals surface area contributed by atoms with Crippen LogP contribution in [-0.2, 0) is 14.3 Å². The minimum atomic E-state index is -0.913. The van der Waals surface area contributed by atoms with Crippen LogP contribution in [0.5, 0.6) is 0 Å². The van der Waals surface area contributed by atoms with Crippen LogP contribution in [0.3, 0.4) is 0 Å². The van der Waals surface area contributed by atoms with Gasteiger partial charge in [-0.1, -0.05) is 33.8 Å². The minimum absolute atomic E-state index is 0.104. The molecule has 3 saturated carbocycles. The zero-order valence-corrected chi connectivity index (χ0v) is 20.7. The van der Waals surface area contributed by atoms with E-state index >= 15 is 0 Å². The Kier molecular flexibility index (Phi) is 6.36. The molecular formula is C25H39N3O6. The van der Waals surface area contributed by atoms with Crippen molar-refractivity contribution < 1.29 is 29.0 Å². The van der Waals surface area contributed by atoms with E-state index in [0.29, 0.717) is 25.9 Å². The third-order valence-electron chi connectivity index (χ3n) is 9.91. The van der Waals surface area contributed by atoms with Gasteiger partial charge in [-0.25, -0.2) is 19.9 Å². The van der Waals surface area contributed by atoms with E-state index in [1.807, 2.05) is 13.8 Å². The minimum Gasteiger partial charge on any atom is -0.445 e. The monoisotopic (exact) mass is 477 g/mol.